The highest BCUT2D eigenvalue weighted by molar-refractivity contribution is 7.09. The van der Waals surface area contributed by atoms with Crippen LogP contribution in [0.1, 0.15) is 30.6 Å². The Bertz CT molecular complexity index is 486. The SMILES string of the molecule is NC[C@H]1CC[C@@H](C(=O)NCC2CCN(Cc3cccs3)CC2)O1. The third-order valence-electron chi connectivity index (χ3n) is 4.89. The first-order chi connectivity index (χ1) is 11.2. The van der Waals surface area contributed by atoms with Crippen LogP contribution in [-0.4, -0.2) is 49.2 Å². The summed E-state index contributed by atoms with van der Waals surface area (Å²) in [5, 5.41) is 5.21. The molecule has 0 radical (unpaired) electrons. The summed E-state index contributed by atoms with van der Waals surface area (Å²) in [6.45, 7) is 4.58. The molecule has 2 aliphatic rings. The van der Waals surface area contributed by atoms with Gasteiger partial charge in [0.15, 0.2) is 0 Å². The lowest BCUT2D eigenvalue weighted by atomic mass is 9.96. The zero-order chi connectivity index (χ0) is 16.1. The van der Waals surface area contributed by atoms with E-state index in [1.807, 2.05) is 11.3 Å². The summed E-state index contributed by atoms with van der Waals surface area (Å²) in [4.78, 5) is 16.1. The molecule has 3 heterocycles. The van der Waals surface area contributed by atoms with Crippen LogP contribution in [0, 0.1) is 5.92 Å². The van der Waals surface area contributed by atoms with E-state index < -0.39 is 0 Å². The number of thiophene rings is 1. The van der Waals surface area contributed by atoms with Gasteiger partial charge in [-0.3, -0.25) is 9.69 Å². The number of likely N-dealkylation sites (tertiary alicyclic amines) is 1. The number of piperidine rings is 1. The molecule has 0 saturated carbocycles. The predicted molar refractivity (Wildman–Crippen MR) is 92.3 cm³/mol. The smallest absolute Gasteiger partial charge is 0.249 e. The van der Waals surface area contributed by atoms with Crippen molar-refractivity contribution in [1.29, 1.82) is 0 Å². The molecule has 0 aliphatic carbocycles. The van der Waals surface area contributed by atoms with E-state index in [0.29, 0.717) is 12.5 Å². The van der Waals surface area contributed by atoms with Gasteiger partial charge in [-0.15, -0.1) is 11.3 Å². The summed E-state index contributed by atoms with van der Waals surface area (Å²) in [5.41, 5.74) is 5.59. The van der Waals surface area contributed by atoms with Gasteiger partial charge in [-0.25, -0.2) is 0 Å². The number of hydrogen-bond donors (Lipinski definition) is 2. The number of nitrogens with two attached hydrogens (primary N) is 1. The highest BCUT2D eigenvalue weighted by Crippen LogP contribution is 2.21. The highest BCUT2D eigenvalue weighted by Gasteiger charge is 2.30. The Morgan fingerprint density at radius 3 is 2.83 bits per heavy atom. The van der Waals surface area contributed by atoms with Crippen LogP contribution in [0.3, 0.4) is 0 Å². The molecule has 5 nitrogen and oxygen atoms in total. The van der Waals surface area contributed by atoms with Gasteiger partial charge in [0.1, 0.15) is 6.10 Å². The van der Waals surface area contributed by atoms with Crippen LogP contribution in [0.15, 0.2) is 17.5 Å². The van der Waals surface area contributed by atoms with E-state index in [0.717, 1.165) is 51.9 Å². The van der Waals surface area contributed by atoms with Crippen molar-refractivity contribution < 1.29 is 9.53 Å². The number of nitrogens with one attached hydrogen (secondary N) is 1. The highest BCUT2D eigenvalue weighted by atomic mass is 32.1. The lowest BCUT2D eigenvalue weighted by Gasteiger charge is -2.31. The lowest BCUT2D eigenvalue weighted by molar-refractivity contribution is -0.132. The predicted octanol–water partition coefficient (Wildman–Crippen LogP) is 1.58. The van der Waals surface area contributed by atoms with Crippen molar-refractivity contribution in [3.8, 4) is 0 Å². The first-order valence-electron chi connectivity index (χ1n) is 8.62. The van der Waals surface area contributed by atoms with E-state index in [2.05, 4.69) is 27.7 Å². The molecule has 1 aromatic rings. The van der Waals surface area contributed by atoms with Crippen molar-refractivity contribution in [3.05, 3.63) is 22.4 Å². The number of rotatable bonds is 6. The molecule has 0 bridgehead atoms. The zero-order valence-corrected chi connectivity index (χ0v) is 14.4. The van der Waals surface area contributed by atoms with E-state index in [4.69, 9.17) is 10.5 Å². The molecule has 2 saturated heterocycles. The average Bonchev–Trinajstić information content (AvgIpc) is 3.25. The van der Waals surface area contributed by atoms with Gasteiger partial charge in [0.05, 0.1) is 6.10 Å². The summed E-state index contributed by atoms with van der Waals surface area (Å²) in [6, 6.07) is 4.32. The maximum atomic E-state index is 12.1. The molecule has 6 heteroatoms. The molecule has 23 heavy (non-hydrogen) atoms. The standard InChI is InChI=1S/C17H27N3O2S/c18-10-14-3-4-16(22-14)17(21)19-11-13-5-7-20(8-6-13)12-15-2-1-9-23-15/h1-2,9,13-14,16H,3-8,10-12,18H2,(H,19,21)/t14-,16+/m1/s1. The lowest BCUT2D eigenvalue weighted by Crippen LogP contribution is -2.41. The zero-order valence-electron chi connectivity index (χ0n) is 13.6. The van der Waals surface area contributed by atoms with E-state index in [1.165, 1.54) is 4.88 Å². The summed E-state index contributed by atoms with van der Waals surface area (Å²) in [6.07, 6.45) is 3.78. The Labute approximate surface area is 142 Å². The molecule has 0 unspecified atom stereocenters. The molecule has 2 aliphatic heterocycles. The maximum Gasteiger partial charge on any atom is 0.249 e. The Kier molecular flexibility index (Phi) is 6.05. The largest absolute Gasteiger partial charge is 0.364 e. The topological polar surface area (TPSA) is 67.6 Å². The van der Waals surface area contributed by atoms with Gasteiger partial charge in [-0.05, 0) is 56.1 Å². The summed E-state index contributed by atoms with van der Waals surface area (Å²) in [7, 11) is 0. The van der Waals surface area contributed by atoms with Gasteiger partial charge in [0.25, 0.3) is 0 Å². The number of ether oxygens (including phenoxy) is 1. The second-order valence-electron chi connectivity index (χ2n) is 6.60. The van der Waals surface area contributed by atoms with Crippen molar-refractivity contribution in [2.75, 3.05) is 26.2 Å². The van der Waals surface area contributed by atoms with E-state index in [-0.39, 0.29) is 18.1 Å². The molecule has 2 fully saturated rings. The number of amides is 1. The van der Waals surface area contributed by atoms with E-state index in [9.17, 15) is 4.79 Å². The molecule has 0 aromatic carbocycles. The summed E-state index contributed by atoms with van der Waals surface area (Å²) < 4.78 is 5.64. The quantitative estimate of drug-likeness (QED) is 0.827. The fourth-order valence-corrected chi connectivity index (χ4v) is 4.15. The monoisotopic (exact) mass is 337 g/mol. The third-order valence-corrected chi connectivity index (χ3v) is 5.76. The maximum absolute atomic E-state index is 12.1. The van der Waals surface area contributed by atoms with E-state index in [1.54, 1.807) is 0 Å². The van der Waals surface area contributed by atoms with Crippen LogP contribution < -0.4 is 11.1 Å². The van der Waals surface area contributed by atoms with Gasteiger partial charge in [0.2, 0.25) is 5.91 Å². The first kappa shape index (κ1) is 16.9. The van der Waals surface area contributed by atoms with Crippen LogP contribution in [0.25, 0.3) is 0 Å². The Balaban J connectivity index is 1.33. The minimum Gasteiger partial charge on any atom is -0.364 e. The van der Waals surface area contributed by atoms with Crippen molar-refractivity contribution in [2.24, 2.45) is 11.7 Å². The molecular weight excluding hydrogens is 310 g/mol. The van der Waals surface area contributed by atoms with E-state index >= 15 is 0 Å². The minimum absolute atomic E-state index is 0.0435. The van der Waals surface area contributed by atoms with Crippen LogP contribution >= 0.6 is 11.3 Å². The van der Waals surface area contributed by atoms with Crippen molar-refractivity contribution >= 4 is 17.2 Å². The van der Waals surface area contributed by atoms with Crippen molar-refractivity contribution in [1.82, 2.24) is 10.2 Å². The average molecular weight is 337 g/mol. The molecule has 3 N–H and O–H groups in total. The molecule has 3 rings (SSSR count). The number of carbonyl (C=O) groups excluding carboxylic acids is 1. The van der Waals surface area contributed by atoms with Gasteiger partial charge < -0.3 is 15.8 Å². The van der Waals surface area contributed by atoms with Crippen LogP contribution in [0.2, 0.25) is 0 Å². The molecule has 2 atom stereocenters. The second kappa shape index (κ2) is 8.24. The molecule has 128 valence electrons. The number of hydrogen-bond acceptors (Lipinski definition) is 5. The Hall–Kier alpha value is -0.950. The van der Waals surface area contributed by atoms with Gasteiger partial charge in [-0.1, -0.05) is 6.07 Å². The summed E-state index contributed by atoms with van der Waals surface area (Å²) in [5.74, 6) is 0.632. The Morgan fingerprint density at radius 2 is 2.17 bits per heavy atom. The van der Waals surface area contributed by atoms with Crippen molar-refractivity contribution in [3.63, 3.8) is 0 Å². The molecule has 1 aromatic heterocycles. The van der Waals surface area contributed by atoms with Gasteiger partial charge in [0, 0.05) is 24.5 Å². The van der Waals surface area contributed by atoms with Gasteiger partial charge in [-0.2, -0.15) is 0 Å². The first-order valence-corrected chi connectivity index (χ1v) is 9.50. The molecular formula is C17H27N3O2S. The normalized spacial score (nSPS) is 26.5. The third kappa shape index (κ3) is 4.76. The Morgan fingerprint density at radius 1 is 1.35 bits per heavy atom. The van der Waals surface area contributed by atoms with Crippen LogP contribution in [0.5, 0.6) is 0 Å². The van der Waals surface area contributed by atoms with Gasteiger partial charge >= 0.3 is 0 Å². The minimum atomic E-state index is -0.289. The molecule has 1 amide bonds. The molecule has 0 spiro atoms. The summed E-state index contributed by atoms with van der Waals surface area (Å²) >= 11 is 1.83. The fraction of sp³-hybridized carbons (Fsp3) is 0.706. The van der Waals surface area contributed by atoms with Crippen LogP contribution in [-0.2, 0) is 16.1 Å². The second-order valence-corrected chi connectivity index (χ2v) is 7.64. The van der Waals surface area contributed by atoms with Crippen LogP contribution in [0.4, 0.5) is 0 Å². The van der Waals surface area contributed by atoms with Crippen molar-refractivity contribution in [2.45, 2.75) is 44.4 Å². The number of carbonyl (C=O) groups is 1. The fourth-order valence-electron chi connectivity index (χ4n) is 3.40. The number of nitrogens with zero attached hydrogens (tertiary/aromatic N) is 1.